The summed E-state index contributed by atoms with van der Waals surface area (Å²) in [5.41, 5.74) is 5.38. The smallest absolute Gasteiger partial charge is 0.315 e. The number of phenols is 2. The molecule has 0 unspecified atom stereocenters. The van der Waals surface area contributed by atoms with Crippen molar-refractivity contribution in [3.05, 3.63) is 38.9 Å². The minimum absolute atomic E-state index is 0.276. The van der Waals surface area contributed by atoms with Crippen molar-refractivity contribution in [1.82, 2.24) is 0 Å². The maximum Gasteiger partial charge on any atom is 0.315 e. The minimum Gasteiger partial charge on any atom is -0.504 e. The predicted octanol–water partition coefficient (Wildman–Crippen LogP) is 1.12. The maximum atomic E-state index is 10.7. The molecule has 0 aromatic heterocycles. The van der Waals surface area contributed by atoms with E-state index in [0.29, 0.717) is 5.17 Å². The number of hydrogen-bond acceptors (Lipinski definition) is 7. The van der Waals surface area contributed by atoms with Gasteiger partial charge in [0.15, 0.2) is 5.75 Å². The van der Waals surface area contributed by atoms with Crippen LogP contribution in [0.4, 0.5) is 5.69 Å². The van der Waals surface area contributed by atoms with Gasteiger partial charge in [0.2, 0.25) is 5.75 Å². The molecule has 0 atom stereocenters. The second kappa shape index (κ2) is 4.68. The highest BCUT2D eigenvalue weighted by molar-refractivity contribution is 8.05. The van der Waals surface area contributed by atoms with Gasteiger partial charge in [-0.3, -0.25) is 20.3 Å². The summed E-state index contributed by atoms with van der Waals surface area (Å²) >= 11 is 0. The van der Waals surface area contributed by atoms with Crippen molar-refractivity contribution in [3.63, 3.8) is 0 Å². The summed E-state index contributed by atoms with van der Waals surface area (Å²) in [5.74, 6) is -1.34. The predicted molar refractivity (Wildman–Crippen MR) is 72.2 cm³/mol. The van der Waals surface area contributed by atoms with Crippen LogP contribution in [0.2, 0.25) is 0 Å². The number of benzene rings is 1. The zero-order chi connectivity index (χ0) is 14.2. The second-order valence-corrected chi connectivity index (χ2v) is 5.61. The molecule has 1 aliphatic heterocycles. The first-order valence-electron chi connectivity index (χ1n) is 5.11. The normalized spacial score (nSPS) is 14.8. The Morgan fingerprint density at radius 3 is 2.68 bits per heavy atom. The fraction of sp³-hybridized carbons (Fsp3) is 0.0909. The molecule has 4 N–H and O–H groups in total. The van der Waals surface area contributed by atoms with Crippen LogP contribution in [0, 0.1) is 15.3 Å². The van der Waals surface area contributed by atoms with Crippen LogP contribution in [0.3, 0.4) is 0 Å². The summed E-state index contributed by atoms with van der Waals surface area (Å²) in [6, 6.07) is 2.31. The van der Waals surface area contributed by atoms with Crippen LogP contribution < -0.4 is 5.73 Å². The van der Waals surface area contributed by atoms with Gasteiger partial charge in [0.05, 0.1) is 4.92 Å². The Morgan fingerprint density at radius 1 is 1.47 bits per heavy atom. The zero-order valence-corrected chi connectivity index (χ0v) is 10.6. The molecule has 7 nitrogen and oxygen atoms in total. The van der Waals surface area contributed by atoms with E-state index in [1.165, 1.54) is 6.07 Å². The van der Waals surface area contributed by atoms with Crippen molar-refractivity contribution in [2.24, 2.45) is 10.7 Å². The lowest BCUT2D eigenvalue weighted by molar-refractivity contribution is -0.386. The number of nitrogens with zero attached hydrogens (tertiary/aromatic N) is 2. The lowest BCUT2D eigenvalue weighted by Crippen LogP contribution is -2.13. The number of aliphatic imine (C=N–C) groups is 1. The van der Waals surface area contributed by atoms with Gasteiger partial charge in [-0.05, 0) is 6.07 Å². The number of nitro benzene ring substituents is 1. The monoisotopic (exact) mass is 280 g/mol. The molecule has 0 saturated heterocycles. The Balaban J connectivity index is 2.61. The quantitative estimate of drug-likeness (QED) is 0.308. The first-order valence-corrected chi connectivity index (χ1v) is 6.34. The molecule has 2 rings (SSSR count). The van der Waals surface area contributed by atoms with E-state index in [9.17, 15) is 20.3 Å². The van der Waals surface area contributed by atoms with E-state index < -0.39 is 32.4 Å². The first-order chi connectivity index (χ1) is 8.90. The standard InChI is InChI=1S/C11H10N3O4S/c1-6-4-13-11(12)19(6)5-7-2-8(14(17)18)10(16)9(15)3-7/h2-4,15-16H,1H3,(H2,12,13)/q-1. The number of rotatable bonds is 1. The van der Waals surface area contributed by atoms with E-state index >= 15 is 0 Å². The van der Waals surface area contributed by atoms with Crippen LogP contribution in [-0.4, -0.2) is 20.3 Å². The molecule has 0 fully saturated rings. The number of aromatic hydroxyl groups is 2. The summed E-state index contributed by atoms with van der Waals surface area (Å²) in [5, 5.41) is 32.9. The number of phenolic OH excluding ortho intramolecular Hbond substituents is 2. The zero-order valence-electron chi connectivity index (χ0n) is 9.82. The van der Waals surface area contributed by atoms with Crippen molar-refractivity contribution in [1.29, 1.82) is 0 Å². The van der Waals surface area contributed by atoms with Crippen molar-refractivity contribution in [3.8, 4) is 16.7 Å². The molecule has 0 saturated carbocycles. The highest BCUT2D eigenvalue weighted by atomic mass is 32.2. The molecule has 1 aromatic carbocycles. The molecule has 0 amide bonds. The number of allylic oxidation sites excluding steroid dienone is 1. The largest absolute Gasteiger partial charge is 0.504 e. The molecular weight excluding hydrogens is 270 g/mol. The van der Waals surface area contributed by atoms with E-state index in [-0.39, 0.29) is 5.56 Å². The van der Waals surface area contributed by atoms with E-state index in [0.717, 1.165) is 11.0 Å². The summed E-state index contributed by atoms with van der Waals surface area (Å²) in [4.78, 5) is 14.8. The summed E-state index contributed by atoms with van der Waals surface area (Å²) in [6.07, 6.45) is 1.60. The van der Waals surface area contributed by atoms with E-state index in [1.807, 2.05) is 6.92 Å². The molecule has 19 heavy (non-hydrogen) atoms. The highest BCUT2D eigenvalue weighted by Crippen LogP contribution is 2.35. The molecule has 0 spiro atoms. The average molecular weight is 280 g/mol. The highest BCUT2D eigenvalue weighted by Gasteiger charge is 2.17. The van der Waals surface area contributed by atoms with E-state index in [4.69, 9.17) is 5.73 Å². The van der Waals surface area contributed by atoms with Gasteiger partial charge in [-0.15, -0.1) is 4.91 Å². The molecule has 1 aliphatic rings. The Morgan fingerprint density at radius 2 is 2.16 bits per heavy atom. The molecule has 1 heterocycles. The molecule has 8 heteroatoms. The van der Waals surface area contributed by atoms with Crippen molar-refractivity contribution >= 4 is 21.2 Å². The van der Waals surface area contributed by atoms with Crippen molar-refractivity contribution in [2.45, 2.75) is 6.92 Å². The molecule has 0 bridgehead atoms. The SMILES string of the molecule is CC1=CN=C(N)[S-]1#Cc1cc(O)c(O)c([N+](=O)[O-])c1. The van der Waals surface area contributed by atoms with Crippen LogP contribution in [0.5, 0.6) is 11.5 Å². The molecule has 0 aliphatic carbocycles. The summed E-state index contributed by atoms with van der Waals surface area (Å²) in [6.45, 7) is 1.81. The third kappa shape index (κ3) is 2.40. The average Bonchev–Trinajstić information content (AvgIpc) is 2.65. The third-order valence-electron chi connectivity index (χ3n) is 2.39. The Bertz CT molecular complexity index is 703. The Kier molecular flexibility index (Phi) is 3.20. The van der Waals surface area contributed by atoms with Crippen molar-refractivity contribution in [2.75, 3.05) is 0 Å². The number of nitro groups is 1. The van der Waals surface area contributed by atoms with Crippen LogP contribution >= 0.6 is 0 Å². The lowest BCUT2D eigenvalue weighted by atomic mass is 10.2. The molecule has 0 radical (unpaired) electrons. The van der Waals surface area contributed by atoms with Crippen LogP contribution in [0.1, 0.15) is 12.5 Å². The van der Waals surface area contributed by atoms with Gasteiger partial charge in [-0.2, -0.15) is 0 Å². The van der Waals surface area contributed by atoms with Gasteiger partial charge in [-0.1, -0.05) is 6.92 Å². The van der Waals surface area contributed by atoms with Gasteiger partial charge in [-0.25, -0.2) is 0 Å². The second-order valence-electron chi connectivity index (χ2n) is 3.74. The van der Waals surface area contributed by atoms with E-state index in [1.54, 1.807) is 6.20 Å². The van der Waals surface area contributed by atoms with Crippen LogP contribution in [0.15, 0.2) is 28.2 Å². The lowest BCUT2D eigenvalue weighted by Gasteiger charge is -2.14. The summed E-state index contributed by atoms with van der Waals surface area (Å²) < 4.78 is 0. The fourth-order valence-corrected chi connectivity index (χ4v) is 2.74. The molecule has 100 valence electrons. The first kappa shape index (κ1) is 13.0. The topological polar surface area (TPSA) is 122 Å². The van der Waals surface area contributed by atoms with Crippen LogP contribution in [0.25, 0.3) is 0 Å². The van der Waals surface area contributed by atoms with Gasteiger partial charge >= 0.3 is 5.69 Å². The number of nitrogens with two attached hydrogens (primary N) is 1. The van der Waals surface area contributed by atoms with Crippen molar-refractivity contribution < 1.29 is 15.1 Å². The number of amidine groups is 1. The van der Waals surface area contributed by atoms with Crippen LogP contribution in [-0.2, 0) is 10.3 Å². The third-order valence-corrected chi connectivity index (χ3v) is 4.10. The van der Waals surface area contributed by atoms with Gasteiger partial charge in [0, 0.05) is 23.0 Å². The van der Waals surface area contributed by atoms with E-state index in [2.05, 4.69) is 10.2 Å². The van der Waals surface area contributed by atoms with Gasteiger partial charge in [0.1, 0.15) is 0 Å². The van der Waals surface area contributed by atoms with Gasteiger partial charge < -0.3 is 26.2 Å². The Hall–Kier alpha value is -2.44. The number of hydrogen-bond donors (Lipinski definition) is 3. The van der Waals surface area contributed by atoms with Gasteiger partial charge in [0.25, 0.3) is 0 Å². The molecular formula is C11H10N3O4S-. The molecule has 1 aromatic rings. The summed E-state index contributed by atoms with van der Waals surface area (Å²) in [7, 11) is -0.681. The minimum atomic E-state index is -0.780. The fourth-order valence-electron chi connectivity index (χ4n) is 1.48. The Labute approximate surface area is 110 Å². The maximum absolute atomic E-state index is 10.7.